The van der Waals surface area contributed by atoms with E-state index in [1.807, 2.05) is 7.05 Å². The molecule has 1 heterocycles. The molecule has 2 rings (SSSR count). The first kappa shape index (κ1) is 15.3. The molecule has 0 radical (unpaired) electrons. The first-order valence-electron chi connectivity index (χ1n) is 6.57. The third-order valence-corrected chi connectivity index (χ3v) is 4.27. The van der Waals surface area contributed by atoms with Crippen LogP contribution in [0.4, 0.5) is 0 Å². The van der Waals surface area contributed by atoms with Crippen molar-refractivity contribution in [1.29, 1.82) is 0 Å². The third kappa shape index (κ3) is 3.72. The lowest BCUT2D eigenvalue weighted by molar-refractivity contribution is -0.126. The second-order valence-corrected chi connectivity index (χ2v) is 5.65. The number of carbonyl (C=O) groups excluding carboxylic acids is 1. The van der Waals surface area contributed by atoms with Gasteiger partial charge >= 0.3 is 0 Å². The van der Waals surface area contributed by atoms with Gasteiger partial charge in [0, 0.05) is 5.56 Å². The number of nitrogens with one attached hydrogen (secondary N) is 1. The number of nitrogens with zero attached hydrogens (tertiary/aromatic N) is 2. The van der Waals surface area contributed by atoms with Crippen LogP contribution in [0, 0.1) is 0 Å². The van der Waals surface area contributed by atoms with E-state index < -0.39 is 0 Å². The van der Waals surface area contributed by atoms with Crippen LogP contribution in [0.1, 0.15) is 24.8 Å². The van der Waals surface area contributed by atoms with Crippen LogP contribution < -0.4 is 5.43 Å². The van der Waals surface area contributed by atoms with E-state index in [2.05, 4.69) is 15.4 Å². The van der Waals surface area contributed by atoms with Crippen molar-refractivity contribution in [2.24, 2.45) is 5.10 Å². The van der Waals surface area contributed by atoms with Gasteiger partial charge < -0.3 is 0 Å². The molecule has 0 aromatic heterocycles. The molecule has 20 heavy (non-hydrogen) atoms. The average Bonchev–Trinajstić information content (AvgIpc) is 2.44. The monoisotopic (exact) mass is 313 g/mol. The van der Waals surface area contributed by atoms with E-state index in [1.165, 1.54) is 6.21 Å². The van der Waals surface area contributed by atoms with E-state index in [0.717, 1.165) is 25.8 Å². The Balaban J connectivity index is 1.95. The third-order valence-electron chi connectivity index (χ3n) is 3.43. The maximum atomic E-state index is 12.0. The number of hydrazone groups is 1. The summed E-state index contributed by atoms with van der Waals surface area (Å²) in [6.45, 7) is 0.946. The van der Waals surface area contributed by atoms with E-state index in [-0.39, 0.29) is 11.9 Å². The van der Waals surface area contributed by atoms with Crippen LogP contribution in [0.15, 0.2) is 23.3 Å². The molecule has 1 aromatic carbocycles. The van der Waals surface area contributed by atoms with E-state index in [0.29, 0.717) is 15.6 Å². The molecule has 4 nitrogen and oxygen atoms in total. The highest BCUT2D eigenvalue weighted by molar-refractivity contribution is 6.43. The number of likely N-dealkylation sites (N-methyl/N-ethyl adjacent to an activating group) is 1. The van der Waals surface area contributed by atoms with E-state index in [4.69, 9.17) is 23.2 Å². The fourth-order valence-corrected chi connectivity index (χ4v) is 2.62. The number of hydrogen-bond donors (Lipinski definition) is 1. The van der Waals surface area contributed by atoms with E-state index >= 15 is 0 Å². The molecule has 1 amide bonds. The summed E-state index contributed by atoms with van der Waals surface area (Å²) in [4.78, 5) is 14.1. The Hall–Kier alpha value is -1.10. The van der Waals surface area contributed by atoms with Gasteiger partial charge in [0.25, 0.3) is 5.91 Å². The van der Waals surface area contributed by atoms with Gasteiger partial charge in [0.2, 0.25) is 0 Å². The average molecular weight is 314 g/mol. The minimum atomic E-state index is -0.101. The number of rotatable bonds is 3. The van der Waals surface area contributed by atoms with Crippen molar-refractivity contribution in [1.82, 2.24) is 10.3 Å². The predicted molar refractivity (Wildman–Crippen MR) is 82.5 cm³/mol. The molecule has 0 saturated carbocycles. The molecule has 1 aliphatic heterocycles. The van der Waals surface area contributed by atoms with Crippen LogP contribution in [0.5, 0.6) is 0 Å². The van der Waals surface area contributed by atoms with Crippen molar-refractivity contribution in [3.8, 4) is 0 Å². The number of likely N-dealkylation sites (tertiary alicyclic amines) is 1. The summed E-state index contributed by atoms with van der Waals surface area (Å²) in [6.07, 6.45) is 4.60. The van der Waals surface area contributed by atoms with Crippen LogP contribution in [0.3, 0.4) is 0 Å². The summed E-state index contributed by atoms with van der Waals surface area (Å²) < 4.78 is 0. The molecule has 1 N–H and O–H groups in total. The van der Waals surface area contributed by atoms with Crippen molar-refractivity contribution >= 4 is 35.3 Å². The fraction of sp³-hybridized carbons (Fsp3) is 0.429. The maximum absolute atomic E-state index is 12.0. The number of carbonyl (C=O) groups is 1. The Bertz CT molecular complexity index is 519. The van der Waals surface area contributed by atoms with Gasteiger partial charge in [0.1, 0.15) is 0 Å². The van der Waals surface area contributed by atoms with Crippen molar-refractivity contribution in [2.45, 2.75) is 25.3 Å². The molecule has 0 aliphatic carbocycles. The first-order valence-corrected chi connectivity index (χ1v) is 7.32. The summed E-state index contributed by atoms with van der Waals surface area (Å²) in [5.74, 6) is -0.0819. The Morgan fingerprint density at radius 3 is 3.00 bits per heavy atom. The lowest BCUT2D eigenvalue weighted by Crippen LogP contribution is -2.46. The first-order chi connectivity index (χ1) is 9.59. The Labute approximate surface area is 128 Å². The van der Waals surface area contributed by atoms with E-state index in [1.54, 1.807) is 18.2 Å². The number of amides is 1. The largest absolute Gasteiger partial charge is 0.295 e. The second-order valence-electron chi connectivity index (χ2n) is 4.87. The maximum Gasteiger partial charge on any atom is 0.257 e. The summed E-state index contributed by atoms with van der Waals surface area (Å²) >= 11 is 11.9. The highest BCUT2D eigenvalue weighted by Crippen LogP contribution is 2.24. The number of hydrogen-bond acceptors (Lipinski definition) is 3. The van der Waals surface area contributed by atoms with Crippen LogP contribution in [-0.4, -0.2) is 36.7 Å². The Kier molecular flexibility index (Phi) is 5.40. The van der Waals surface area contributed by atoms with Crippen molar-refractivity contribution in [2.75, 3.05) is 13.6 Å². The van der Waals surface area contributed by atoms with Gasteiger partial charge in [0.05, 0.1) is 22.3 Å². The minimum Gasteiger partial charge on any atom is -0.295 e. The Morgan fingerprint density at radius 2 is 2.25 bits per heavy atom. The number of piperidine rings is 1. The highest BCUT2D eigenvalue weighted by Gasteiger charge is 2.25. The van der Waals surface area contributed by atoms with Crippen LogP contribution in [-0.2, 0) is 4.79 Å². The molecular weight excluding hydrogens is 297 g/mol. The molecule has 1 atom stereocenters. The highest BCUT2D eigenvalue weighted by atomic mass is 35.5. The quantitative estimate of drug-likeness (QED) is 0.689. The van der Waals surface area contributed by atoms with Crippen LogP contribution in [0.25, 0.3) is 0 Å². The molecule has 108 valence electrons. The molecule has 1 aliphatic rings. The molecule has 0 spiro atoms. The van der Waals surface area contributed by atoms with Crippen LogP contribution >= 0.6 is 23.2 Å². The zero-order valence-electron chi connectivity index (χ0n) is 11.3. The molecular formula is C14H17Cl2N3O. The summed E-state index contributed by atoms with van der Waals surface area (Å²) in [5, 5.41) is 4.86. The van der Waals surface area contributed by atoms with Gasteiger partial charge in [-0.05, 0) is 32.5 Å². The molecule has 1 aromatic rings. The number of benzene rings is 1. The van der Waals surface area contributed by atoms with Crippen LogP contribution in [0.2, 0.25) is 10.0 Å². The second kappa shape index (κ2) is 7.07. The van der Waals surface area contributed by atoms with Gasteiger partial charge in [-0.15, -0.1) is 0 Å². The van der Waals surface area contributed by atoms with Crippen molar-refractivity contribution < 1.29 is 4.79 Å². The SMILES string of the molecule is CN1CCCCC1C(=O)N/N=C/c1cccc(Cl)c1Cl. The number of halogens is 2. The molecule has 0 bridgehead atoms. The van der Waals surface area contributed by atoms with E-state index in [9.17, 15) is 4.79 Å². The van der Waals surface area contributed by atoms with Gasteiger partial charge in [0.15, 0.2) is 0 Å². The normalized spacial score (nSPS) is 20.2. The molecule has 1 saturated heterocycles. The zero-order chi connectivity index (χ0) is 14.5. The Morgan fingerprint density at radius 1 is 1.45 bits per heavy atom. The zero-order valence-corrected chi connectivity index (χ0v) is 12.8. The predicted octanol–water partition coefficient (Wildman–Crippen LogP) is 2.93. The fourth-order valence-electron chi connectivity index (χ4n) is 2.27. The lowest BCUT2D eigenvalue weighted by atomic mass is 10.0. The standard InChI is InChI=1S/C14H17Cl2N3O/c1-19-8-3-2-7-12(19)14(20)18-17-9-10-5-4-6-11(15)13(10)16/h4-6,9,12H,2-3,7-8H2,1H3,(H,18,20)/b17-9+. The van der Waals surface area contributed by atoms with Gasteiger partial charge in [-0.3, -0.25) is 9.69 Å². The summed E-state index contributed by atoms with van der Waals surface area (Å²) in [7, 11) is 1.96. The summed E-state index contributed by atoms with van der Waals surface area (Å²) in [6, 6.07) is 5.18. The summed E-state index contributed by atoms with van der Waals surface area (Å²) in [5.41, 5.74) is 3.24. The molecule has 6 heteroatoms. The minimum absolute atomic E-state index is 0.0819. The lowest BCUT2D eigenvalue weighted by Gasteiger charge is -2.30. The van der Waals surface area contributed by atoms with Gasteiger partial charge in [-0.25, -0.2) is 5.43 Å². The smallest absolute Gasteiger partial charge is 0.257 e. The molecule has 1 unspecified atom stereocenters. The van der Waals surface area contributed by atoms with Crippen molar-refractivity contribution in [3.05, 3.63) is 33.8 Å². The van der Waals surface area contributed by atoms with Gasteiger partial charge in [-0.1, -0.05) is 41.8 Å². The molecule has 1 fully saturated rings. The van der Waals surface area contributed by atoms with Gasteiger partial charge in [-0.2, -0.15) is 5.10 Å². The van der Waals surface area contributed by atoms with Crippen molar-refractivity contribution in [3.63, 3.8) is 0 Å². The topological polar surface area (TPSA) is 44.7 Å².